The minimum absolute atomic E-state index is 0.253. The maximum atomic E-state index is 11.4. The highest BCUT2D eigenvalue weighted by atomic mass is 16.2. The van der Waals surface area contributed by atoms with Crippen LogP contribution in [-0.4, -0.2) is 46.9 Å². The van der Waals surface area contributed by atoms with Crippen LogP contribution in [0.25, 0.3) is 0 Å². The molecule has 2 heterocycles. The van der Waals surface area contributed by atoms with Crippen molar-refractivity contribution in [3.05, 3.63) is 0 Å². The molecule has 0 spiro atoms. The summed E-state index contributed by atoms with van der Waals surface area (Å²) >= 11 is 0. The molecule has 0 N–H and O–H groups in total. The zero-order valence-electron chi connectivity index (χ0n) is 9.36. The molecule has 2 unspecified atom stereocenters. The van der Waals surface area contributed by atoms with Crippen molar-refractivity contribution in [2.75, 3.05) is 13.1 Å². The van der Waals surface area contributed by atoms with Gasteiger partial charge in [0.15, 0.2) is 0 Å². The SMILES string of the molecule is CC(=O)N1CCC2C1CCN2C(C)C. The number of hydrogen-bond acceptors (Lipinski definition) is 2. The van der Waals surface area contributed by atoms with Crippen LogP contribution in [0.5, 0.6) is 0 Å². The summed E-state index contributed by atoms with van der Waals surface area (Å²) in [6, 6.07) is 1.77. The quantitative estimate of drug-likeness (QED) is 0.627. The fourth-order valence-electron chi connectivity index (χ4n) is 3.05. The van der Waals surface area contributed by atoms with Gasteiger partial charge in [0.2, 0.25) is 5.91 Å². The Balaban J connectivity index is 2.08. The van der Waals surface area contributed by atoms with Crippen molar-refractivity contribution in [3.8, 4) is 0 Å². The van der Waals surface area contributed by atoms with Crippen LogP contribution in [-0.2, 0) is 4.79 Å². The normalized spacial score (nSPS) is 32.7. The van der Waals surface area contributed by atoms with Crippen LogP contribution in [0.15, 0.2) is 0 Å². The molecule has 2 fully saturated rings. The van der Waals surface area contributed by atoms with E-state index in [1.165, 1.54) is 12.8 Å². The van der Waals surface area contributed by atoms with E-state index in [0.29, 0.717) is 18.1 Å². The monoisotopic (exact) mass is 196 g/mol. The summed E-state index contributed by atoms with van der Waals surface area (Å²) in [4.78, 5) is 16.0. The van der Waals surface area contributed by atoms with Crippen molar-refractivity contribution in [1.29, 1.82) is 0 Å². The van der Waals surface area contributed by atoms with Crippen LogP contribution in [0.1, 0.15) is 33.6 Å². The molecule has 80 valence electrons. The maximum Gasteiger partial charge on any atom is 0.219 e. The average molecular weight is 196 g/mol. The Kier molecular flexibility index (Phi) is 2.52. The number of rotatable bonds is 1. The van der Waals surface area contributed by atoms with Gasteiger partial charge in [-0.3, -0.25) is 9.69 Å². The molecule has 3 nitrogen and oxygen atoms in total. The first-order chi connectivity index (χ1) is 6.61. The van der Waals surface area contributed by atoms with Crippen molar-refractivity contribution in [2.45, 2.75) is 51.7 Å². The molecule has 0 aromatic heterocycles. The van der Waals surface area contributed by atoms with Gasteiger partial charge in [0, 0.05) is 38.1 Å². The molecular formula is C11H20N2O. The second-order valence-electron chi connectivity index (χ2n) is 4.76. The van der Waals surface area contributed by atoms with Crippen molar-refractivity contribution in [2.24, 2.45) is 0 Å². The minimum atomic E-state index is 0.253. The van der Waals surface area contributed by atoms with E-state index >= 15 is 0 Å². The third-order valence-electron chi connectivity index (χ3n) is 3.69. The van der Waals surface area contributed by atoms with Crippen LogP contribution < -0.4 is 0 Å². The summed E-state index contributed by atoms with van der Waals surface area (Å²) in [5, 5.41) is 0. The summed E-state index contributed by atoms with van der Waals surface area (Å²) in [6.07, 6.45) is 2.34. The van der Waals surface area contributed by atoms with Crippen molar-refractivity contribution in [3.63, 3.8) is 0 Å². The number of carbonyl (C=O) groups is 1. The minimum Gasteiger partial charge on any atom is -0.338 e. The summed E-state index contributed by atoms with van der Waals surface area (Å²) in [7, 11) is 0. The lowest BCUT2D eigenvalue weighted by molar-refractivity contribution is -0.129. The Morgan fingerprint density at radius 2 is 1.86 bits per heavy atom. The fraction of sp³-hybridized carbons (Fsp3) is 0.909. The smallest absolute Gasteiger partial charge is 0.219 e. The number of fused-ring (bicyclic) bond motifs is 1. The Hall–Kier alpha value is -0.570. The molecule has 0 aliphatic carbocycles. The van der Waals surface area contributed by atoms with Gasteiger partial charge in [-0.25, -0.2) is 0 Å². The van der Waals surface area contributed by atoms with Gasteiger partial charge in [-0.05, 0) is 26.7 Å². The van der Waals surface area contributed by atoms with Gasteiger partial charge >= 0.3 is 0 Å². The van der Waals surface area contributed by atoms with E-state index in [1.807, 2.05) is 0 Å². The largest absolute Gasteiger partial charge is 0.338 e. The van der Waals surface area contributed by atoms with E-state index in [9.17, 15) is 4.79 Å². The molecule has 0 saturated carbocycles. The molecule has 14 heavy (non-hydrogen) atoms. The van der Waals surface area contributed by atoms with Crippen LogP contribution in [0.2, 0.25) is 0 Å². The fourth-order valence-corrected chi connectivity index (χ4v) is 3.05. The summed E-state index contributed by atoms with van der Waals surface area (Å²) in [6.45, 7) is 8.32. The molecule has 3 heteroatoms. The van der Waals surface area contributed by atoms with Gasteiger partial charge in [0.1, 0.15) is 0 Å². The van der Waals surface area contributed by atoms with E-state index in [2.05, 4.69) is 23.6 Å². The molecule has 2 aliphatic heterocycles. The predicted octanol–water partition coefficient (Wildman–Crippen LogP) is 1.09. The van der Waals surface area contributed by atoms with Gasteiger partial charge in [-0.1, -0.05) is 0 Å². The Morgan fingerprint density at radius 1 is 1.21 bits per heavy atom. The third-order valence-corrected chi connectivity index (χ3v) is 3.69. The van der Waals surface area contributed by atoms with Crippen LogP contribution in [0.4, 0.5) is 0 Å². The van der Waals surface area contributed by atoms with Gasteiger partial charge in [0.05, 0.1) is 0 Å². The molecular weight excluding hydrogens is 176 g/mol. The lowest BCUT2D eigenvalue weighted by Gasteiger charge is -2.27. The summed E-state index contributed by atoms with van der Waals surface area (Å²) in [5.74, 6) is 0.253. The molecule has 0 radical (unpaired) electrons. The highest BCUT2D eigenvalue weighted by molar-refractivity contribution is 5.74. The van der Waals surface area contributed by atoms with E-state index in [-0.39, 0.29) is 5.91 Å². The summed E-state index contributed by atoms with van der Waals surface area (Å²) < 4.78 is 0. The lowest BCUT2D eigenvalue weighted by atomic mass is 10.1. The van der Waals surface area contributed by atoms with E-state index in [1.54, 1.807) is 6.92 Å². The van der Waals surface area contributed by atoms with Gasteiger partial charge in [-0.2, -0.15) is 0 Å². The van der Waals surface area contributed by atoms with Gasteiger partial charge < -0.3 is 4.90 Å². The zero-order valence-corrected chi connectivity index (χ0v) is 9.36. The van der Waals surface area contributed by atoms with Crippen molar-refractivity contribution in [1.82, 2.24) is 9.80 Å². The zero-order chi connectivity index (χ0) is 10.3. The molecule has 2 rings (SSSR count). The summed E-state index contributed by atoms with van der Waals surface area (Å²) in [5.41, 5.74) is 0. The second kappa shape index (κ2) is 3.54. The molecule has 2 atom stereocenters. The maximum absolute atomic E-state index is 11.4. The molecule has 0 bridgehead atoms. The number of likely N-dealkylation sites (tertiary alicyclic amines) is 2. The lowest BCUT2D eigenvalue weighted by Crippen LogP contribution is -2.40. The standard InChI is InChI=1S/C11H20N2O/c1-8(2)12-6-4-11-10(12)5-7-13(11)9(3)14/h8,10-11H,4-7H2,1-3H3. The molecule has 2 aliphatic rings. The number of amides is 1. The first kappa shape index (κ1) is 9.97. The Bertz CT molecular complexity index is 239. The van der Waals surface area contributed by atoms with E-state index < -0.39 is 0 Å². The van der Waals surface area contributed by atoms with E-state index in [4.69, 9.17) is 0 Å². The molecule has 1 amide bonds. The number of carbonyl (C=O) groups excluding carboxylic acids is 1. The van der Waals surface area contributed by atoms with Crippen LogP contribution in [0.3, 0.4) is 0 Å². The first-order valence-electron chi connectivity index (χ1n) is 5.64. The van der Waals surface area contributed by atoms with Crippen molar-refractivity contribution >= 4 is 5.91 Å². The average Bonchev–Trinajstić information content (AvgIpc) is 2.59. The van der Waals surface area contributed by atoms with E-state index in [0.717, 1.165) is 13.1 Å². The molecule has 0 aromatic carbocycles. The number of hydrogen-bond donors (Lipinski definition) is 0. The van der Waals surface area contributed by atoms with Gasteiger partial charge in [0.25, 0.3) is 0 Å². The Morgan fingerprint density at radius 3 is 2.43 bits per heavy atom. The molecule has 2 saturated heterocycles. The third kappa shape index (κ3) is 1.44. The van der Waals surface area contributed by atoms with Gasteiger partial charge in [-0.15, -0.1) is 0 Å². The highest BCUT2D eigenvalue weighted by Crippen LogP contribution is 2.32. The topological polar surface area (TPSA) is 23.6 Å². The van der Waals surface area contributed by atoms with Crippen LogP contribution >= 0.6 is 0 Å². The predicted molar refractivity (Wildman–Crippen MR) is 56.0 cm³/mol. The molecule has 0 aromatic rings. The highest BCUT2D eigenvalue weighted by Gasteiger charge is 2.43. The van der Waals surface area contributed by atoms with Crippen molar-refractivity contribution < 1.29 is 4.79 Å². The Labute approximate surface area is 86.1 Å². The van der Waals surface area contributed by atoms with Crippen LogP contribution in [0, 0.1) is 0 Å². The second-order valence-corrected chi connectivity index (χ2v) is 4.76. The number of nitrogens with zero attached hydrogens (tertiary/aromatic N) is 2. The first-order valence-corrected chi connectivity index (χ1v) is 5.64.